The van der Waals surface area contributed by atoms with Gasteiger partial charge in [-0.3, -0.25) is 0 Å². The van der Waals surface area contributed by atoms with Crippen molar-refractivity contribution >= 4 is 35.3 Å². The van der Waals surface area contributed by atoms with Crippen molar-refractivity contribution in [3.63, 3.8) is 0 Å². The largest absolute Gasteiger partial charge is 0.374 e. The van der Waals surface area contributed by atoms with E-state index in [0.717, 1.165) is 6.61 Å². The van der Waals surface area contributed by atoms with Crippen molar-refractivity contribution in [1.29, 1.82) is 0 Å². The molecule has 3 aliphatic heterocycles. The fraction of sp³-hybridized carbons (Fsp3) is 1.00. The first-order valence-electron chi connectivity index (χ1n) is 6.96. The number of rotatable bonds is 2. The molecule has 0 bridgehead atoms. The molecular formula is C13H23NOS3. The Bertz CT molecular complexity index is 277. The van der Waals surface area contributed by atoms with Crippen LogP contribution in [0.2, 0.25) is 0 Å². The van der Waals surface area contributed by atoms with Gasteiger partial charge in [-0.25, -0.2) is 0 Å². The first-order valence-corrected chi connectivity index (χ1v) is 10.3. The van der Waals surface area contributed by atoms with Crippen LogP contribution in [0.15, 0.2) is 0 Å². The third-order valence-corrected chi connectivity index (χ3v) is 8.54. The van der Waals surface area contributed by atoms with Gasteiger partial charge in [0.25, 0.3) is 0 Å². The summed E-state index contributed by atoms with van der Waals surface area (Å²) in [4.78, 5) is 0. The maximum atomic E-state index is 6.58. The molecule has 4 atom stereocenters. The maximum absolute atomic E-state index is 6.58. The van der Waals surface area contributed by atoms with Gasteiger partial charge in [0.1, 0.15) is 0 Å². The standard InChI is InChI=1S/C13H23NOS3/c14-12(11-8-16-5-6-18-11)10-1-3-15-13(7-10)2-4-17-9-13/h10-12H,1-9,14H2. The van der Waals surface area contributed by atoms with Crippen molar-refractivity contribution in [3.8, 4) is 0 Å². The van der Waals surface area contributed by atoms with Gasteiger partial charge in [0.15, 0.2) is 0 Å². The normalized spacial score (nSPS) is 43.2. The predicted molar refractivity (Wildman–Crippen MR) is 84.9 cm³/mol. The second kappa shape index (κ2) is 6.17. The SMILES string of the molecule is NC(C1CCOC2(CCSC2)C1)C1CSCCS1. The van der Waals surface area contributed by atoms with E-state index in [1.807, 2.05) is 0 Å². The number of hydrogen-bond donors (Lipinski definition) is 1. The number of nitrogens with two attached hydrogens (primary N) is 1. The first-order chi connectivity index (χ1) is 8.79. The average Bonchev–Trinajstić information content (AvgIpc) is 2.87. The highest BCUT2D eigenvalue weighted by Crippen LogP contribution is 2.42. The summed E-state index contributed by atoms with van der Waals surface area (Å²) in [5.41, 5.74) is 6.77. The Morgan fingerprint density at radius 1 is 1.22 bits per heavy atom. The molecule has 3 heterocycles. The molecular weight excluding hydrogens is 282 g/mol. The van der Waals surface area contributed by atoms with Crippen molar-refractivity contribution in [2.45, 2.75) is 36.2 Å². The molecule has 0 aromatic rings. The van der Waals surface area contributed by atoms with Crippen molar-refractivity contribution < 1.29 is 4.74 Å². The second-order valence-corrected chi connectivity index (χ2v) is 9.25. The fourth-order valence-corrected chi connectivity index (χ4v) is 7.57. The van der Waals surface area contributed by atoms with Crippen LogP contribution < -0.4 is 5.73 Å². The van der Waals surface area contributed by atoms with E-state index < -0.39 is 0 Å². The van der Waals surface area contributed by atoms with E-state index in [9.17, 15) is 0 Å². The predicted octanol–water partition coefficient (Wildman–Crippen LogP) is 2.46. The Kier molecular flexibility index (Phi) is 4.77. The molecule has 1 spiro atoms. The van der Waals surface area contributed by atoms with Crippen molar-refractivity contribution in [2.24, 2.45) is 11.7 Å². The lowest BCUT2D eigenvalue weighted by atomic mass is 9.80. The average molecular weight is 306 g/mol. The van der Waals surface area contributed by atoms with Gasteiger partial charge in [0, 0.05) is 40.9 Å². The summed E-state index contributed by atoms with van der Waals surface area (Å²) in [6.07, 6.45) is 3.63. The maximum Gasteiger partial charge on any atom is 0.0783 e. The lowest BCUT2D eigenvalue weighted by Gasteiger charge is -2.42. The highest BCUT2D eigenvalue weighted by atomic mass is 32.2. The van der Waals surface area contributed by atoms with E-state index in [1.165, 1.54) is 48.0 Å². The van der Waals surface area contributed by atoms with Crippen LogP contribution in [-0.4, -0.2) is 52.3 Å². The van der Waals surface area contributed by atoms with Crippen LogP contribution in [0, 0.1) is 5.92 Å². The van der Waals surface area contributed by atoms with Crippen LogP contribution in [-0.2, 0) is 4.74 Å². The van der Waals surface area contributed by atoms with Crippen molar-refractivity contribution in [1.82, 2.24) is 0 Å². The lowest BCUT2D eigenvalue weighted by Crippen LogP contribution is -2.50. The monoisotopic (exact) mass is 305 g/mol. The Balaban J connectivity index is 1.60. The molecule has 3 aliphatic rings. The zero-order valence-corrected chi connectivity index (χ0v) is 13.3. The van der Waals surface area contributed by atoms with Gasteiger partial charge in [0.2, 0.25) is 0 Å². The van der Waals surface area contributed by atoms with E-state index in [-0.39, 0.29) is 5.60 Å². The van der Waals surface area contributed by atoms with Crippen LogP contribution in [0.25, 0.3) is 0 Å². The molecule has 2 nitrogen and oxygen atoms in total. The fourth-order valence-electron chi connectivity index (χ4n) is 3.29. The Morgan fingerprint density at radius 3 is 2.89 bits per heavy atom. The van der Waals surface area contributed by atoms with Gasteiger partial charge < -0.3 is 10.5 Å². The summed E-state index contributed by atoms with van der Waals surface area (Å²) in [5.74, 6) is 7.01. The molecule has 3 saturated heterocycles. The Hall–Kier alpha value is 0.970. The summed E-state index contributed by atoms with van der Waals surface area (Å²) < 4.78 is 6.11. The van der Waals surface area contributed by atoms with Gasteiger partial charge in [-0.05, 0) is 30.9 Å². The second-order valence-electron chi connectivity index (χ2n) is 5.65. The molecule has 18 heavy (non-hydrogen) atoms. The zero-order chi connectivity index (χ0) is 12.4. The summed E-state index contributed by atoms with van der Waals surface area (Å²) in [5, 5.41) is 0.679. The van der Waals surface area contributed by atoms with E-state index in [2.05, 4.69) is 35.3 Å². The van der Waals surface area contributed by atoms with Crippen LogP contribution in [0.1, 0.15) is 19.3 Å². The molecule has 0 aromatic heterocycles. The van der Waals surface area contributed by atoms with Crippen LogP contribution in [0.3, 0.4) is 0 Å². The molecule has 4 unspecified atom stereocenters. The quantitative estimate of drug-likeness (QED) is 0.848. The Morgan fingerprint density at radius 2 is 2.17 bits per heavy atom. The van der Waals surface area contributed by atoms with Gasteiger partial charge in [-0.2, -0.15) is 35.3 Å². The van der Waals surface area contributed by atoms with Gasteiger partial charge in [-0.15, -0.1) is 0 Å². The Labute approximate surface area is 123 Å². The molecule has 0 radical (unpaired) electrons. The lowest BCUT2D eigenvalue weighted by molar-refractivity contribution is -0.0829. The molecule has 0 saturated carbocycles. The highest BCUT2D eigenvalue weighted by Gasteiger charge is 2.43. The molecule has 5 heteroatoms. The summed E-state index contributed by atoms with van der Waals surface area (Å²) >= 11 is 6.24. The molecule has 2 N–H and O–H groups in total. The third-order valence-electron chi connectivity index (χ3n) is 4.41. The molecule has 3 fully saturated rings. The minimum atomic E-state index is 0.192. The van der Waals surface area contributed by atoms with Gasteiger partial charge in [-0.1, -0.05) is 0 Å². The highest BCUT2D eigenvalue weighted by molar-refractivity contribution is 8.06. The van der Waals surface area contributed by atoms with Crippen molar-refractivity contribution in [3.05, 3.63) is 0 Å². The molecule has 3 rings (SSSR count). The van der Waals surface area contributed by atoms with E-state index in [0.29, 0.717) is 17.2 Å². The van der Waals surface area contributed by atoms with E-state index in [4.69, 9.17) is 10.5 Å². The molecule has 0 aromatic carbocycles. The minimum Gasteiger partial charge on any atom is -0.374 e. The topological polar surface area (TPSA) is 35.2 Å². The number of hydrogen-bond acceptors (Lipinski definition) is 5. The minimum absolute atomic E-state index is 0.192. The van der Waals surface area contributed by atoms with Gasteiger partial charge in [0.05, 0.1) is 5.60 Å². The summed E-state index contributed by atoms with van der Waals surface area (Å²) in [7, 11) is 0. The van der Waals surface area contributed by atoms with Crippen LogP contribution in [0.5, 0.6) is 0 Å². The van der Waals surface area contributed by atoms with E-state index >= 15 is 0 Å². The van der Waals surface area contributed by atoms with Crippen molar-refractivity contribution in [2.75, 3.05) is 35.4 Å². The smallest absolute Gasteiger partial charge is 0.0783 e. The summed E-state index contributed by atoms with van der Waals surface area (Å²) in [6.45, 7) is 0.934. The first kappa shape index (κ1) is 13.9. The van der Waals surface area contributed by atoms with E-state index in [1.54, 1.807) is 0 Å². The molecule has 0 aliphatic carbocycles. The van der Waals surface area contributed by atoms with Gasteiger partial charge >= 0.3 is 0 Å². The molecule has 104 valence electrons. The molecule has 0 amide bonds. The number of thioether (sulfide) groups is 3. The van der Waals surface area contributed by atoms with Crippen LogP contribution in [0.4, 0.5) is 0 Å². The third kappa shape index (κ3) is 3.00. The summed E-state index contributed by atoms with van der Waals surface area (Å²) in [6, 6.07) is 0.383. The zero-order valence-electron chi connectivity index (χ0n) is 10.8. The number of ether oxygens (including phenoxy) is 1. The van der Waals surface area contributed by atoms with Crippen LogP contribution >= 0.6 is 35.3 Å².